The van der Waals surface area contributed by atoms with Crippen LogP contribution in [0.3, 0.4) is 0 Å². The fourth-order valence-corrected chi connectivity index (χ4v) is 3.00. The summed E-state index contributed by atoms with van der Waals surface area (Å²) in [5.74, 6) is 0.0109. The van der Waals surface area contributed by atoms with Crippen LogP contribution in [0.5, 0.6) is 0 Å². The summed E-state index contributed by atoms with van der Waals surface area (Å²) < 4.78 is 0. The number of carbonyl (C=O) groups is 1. The van der Waals surface area contributed by atoms with Crippen LogP contribution >= 0.6 is 24.0 Å². The second-order valence-electron chi connectivity index (χ2n) is 5.61. The Morgan fingerprint density at radius 2 is 1.91 bits per heavy atom. The third-order valence-corrected chi connectivity index (χ3v) is 4.40. The third kappa shape index (κ3) is 3.86. The van der Waals surface area contributed by atoms with Gasteiger partial charge in [-0.2, -0.15) is 0 Å². The molecule has 1 unspecified atom stereocenters. The highest BCUT2D eigenvalue weighted by molar-refractivity contribution is 6.34. The van der Waals surface area contributed by atoms with Gasteiger partial charge in [0.25, 0.3) is 5.91 Å². The van der Waals surface area contributed by atoms with Crippen molar-refractivity contribution in [3.63, 3.8) is 0 Å². The Bertz CT molecular complexity index is 676. The molecule has 122 valence electrons. The molecule has 0 radical (unpaired) electrons. The summed E-state index contributed by atoms with van der Waals surface area (Å²) in [6, 6.07) is 15.9. The average Bonchev–Trinajstić information content (AvgIpc) is 2.56. The first-order valence-electron chi connectivity index (χ1n) is 7.53. The standard InChI is InChI=1S/C18H19ClN2O.ClH/c1-13-12-20-9-10-21(13)18(22)16-11-15(7-8-17(16)19)14-5-3-2-4-6-14;/h2-8,11,13,20H,9-10,12H2,1H3;1H. The average molecular weight is 351 g/mol. The van der Waals surface area contributed by atoms with Crippen molar-refractivity contribution in [2.75, 3.05) is 19.6 Å². The Morgan fingerprint density at radius 3 is 2.61 bits per heavy atom. The van der Waals surface area contributed by atoms with Crippen LogP contribution in [-0.4, -0.2) is 36.5 Å². The Labute approximate surface area is 148 Å². The van der Waals surface area contributed by atoms with Gasteiger partial charge in [-0.25, -0.2) is 0 Å². The molecule has 5 heteroatoms. The molecule has 1 aliphatic rings. The maximum atomic E-state index is 12.8. The third-order valence-electron chi connectivity index (χ3n) is 4.07. The fourth-order valence-electron chi connectivity index (χ4n) is 2.80. The zero-order chi connectivity index (χ0) is 15.5. The zero-order valence-corrected chi connectivity index (χ0v) is 14.5. The summed E-state index contributed by atoms with van der Waals surface area (Å²) in [5, 5.41) is 3.81. The highest BCUT2D eigenvalue weighted by Gasteiger charge is 2.25. The molecule has 3 nitrogen and oxygen atoms in total. The number of halogens is 2. The normalized spacial score (nSPS) is 17.5. The van der Waals surface area contributed by atoms with E-state index in [0.29, 0.717) is 17.1 Å². The van der Waals surface area contributed by atoms with Gasteiger partial charge in [-0.15, -0.1) is 12.4 Å². The number of nitrogens with zero attached hydrogens (tertiary/aromatic N) is 1. The number of nitrogens with one attached hydrogen (secondary N) is 1. The number of carbonyl (C=O) groups excluding carboxylic acids is 1. The van der Waals surface area contributed by atoms with Crippen LogP contribution in [0.4, 0.5) is 0 Å². The van der Waals surface area contributed by atoms with E-state index in [-0.39, 0.29) is 24.4 Å². The summed E-state index contributed by atoms with van der Waals surface area (Å²) in [6.45, 7) is 4.42. The first kappa shape index (κ1) is 17.8. The molecule has 0 saturated carbocycles. The summed E-state index contributed by atoms with van der Waals surface area (Å²) in [7, 11) is 0. The predicted octanol–water partition coefficient (Wildman–Crippen LogP) is 3.86. The largest absolute Gasteiger partial charge is 0.333 e. The van der Waals surface area contributed by atoms with E-state index in [4.69, 9.17) is 11.6 Å². The minimum absolute atomic E-state index is 0. The van der Waals surface area contributed by atoms with Gasteiger partial charge in [0.2, 0.25) is 0 Å². The molecule has 0 spiro atoms. The van der Waals surface area contributed by atoms with Crippen molar-refractivity contribution in [2.24, 2.45) is 0 Å². The Balaban J connectivity index is 0.00000192. The Hall–Kier alpha value is -1.55. The number of rotatable bonds is 2. The van der Waals surface area contributed by atoms with E-state index in [2.05, 4.69) is 12.2 Å². The Morgan fingerprint density at radius 1 is 1.17 bits per heavy atom. The topological polar surface area (TPSA) is 32.3 Å². The van der Waals surface area contributed by atoms with Crippen LogP contribution in [0, 0.1) is 0 Å². The number of benzene rings is 2. The van der Waals surface area contributed by atoms with Crippen molar-refractivity contribution in [3.05, 3.63) is 59.1 Å². The predicted molar refractivity (Wildman–Crippen MR) is 97.5 cm³/mol. The quantitative estimate of drug-likeness (QED) is 0.891. The van der Waals surface area contributed by atoms with Crippen LogP contribution in [0.2, 0.25) is 5.02 Å². The van der Waals surface area contributed by atoms with Gasteiger partial charge in [0, 0.05) is 25.7 Å². The minimum atomic E-state index is 0. The molecule has 0 bridgehead atoms. The number of amides is 1. The molecule has 1 amide bonds. The van der Waals surface area contributed by atoms with Gasteiger partial charge < -0.3 is 10.2 Å². The van der Waals surface area contributed by atoms with E-state index in [0.717, 1.165) is 24.2 Å². The van der Waals surface area contributed by atoms with Gasteiger partial charge in [-0.05, 0) is 30.2 Å². The molecule has 1 heterocycles. The molecule has 2 aromatic rings. The molecular formula is C18H20Cl2N2O. The zero-order valence-electron chi connectivity index (χ0n) is 13.0. The maximum absolute atomic E-state index is 12.8. The highest BCUT2D eigenvalue weighted by Crippen LogP contribution is 2.26. The fraction of sp³-hybridized carbons (Fsp3) is 0.278. The van der Waals surface area contributed by atoms with Gasteiger partial charge in [0.15, 0.2) is 0 Å². The van der Waals surface area contributed by atoms with Crippen LogP contribution in [0.15, 0.2) is 48.5 Å². The highest BCUT2D eigenvalue weighted by atomic mass is 35.5. The van der Waals surface area contributed by atoms with Gasteiger partial charge in [0.1, 0.15) is 0 Å². The number of hydrogen-bond acceptors (Lipinski definition) is 2. The number of hydrogen-bond donors (Lipinski definition) is 1. The lowest BCUT2D eigenvalue weighted by Gasteiger charge is -2.34. The van der Waals surface area contributed by atoms with Crippen LogP contribution in [-0.2, 0) is 0 Å². The summed E-state index contributed by atoms with van der Waals surface area (Å²) in [6.07, 6.45) is 0. The van der Waals surface area contributed by atoms with E-state index < -0.39 is 0 Å². The van der Waals surface area contributed by atoms with E-state index >= 15 is 0 Å². The van der Waals surface area contributed by atoms with Crippen LogP contribution in [0.1, 0.15) is 17.3 Å². The van der Waals surface area contributed by atoms with Crippen molar-refractivity contribution < 1.29 is 4.79 Å². The smallest absolute Gasteiger partial charge is 0.255 e. The van der Waals surface area contributed by atoms with Crippen LogP contribution in [0.25, 0.3) is 11.1 Å². The lowest BCUT2D eigenvalue weighted by molar-refractivity contribution is 0.0656. The first-order valence-corrected chi connectivity index (χ1v) is 7.91. The minimum Gasteiger partial charge on any atom is -0.333 e. The summed E-state index contributed by atoms with van der Waals surface area (Å²) in [5.41, 5.74) is 2.68. The maximum Gasteiger partial charge on any atom is 0.255 e. The second kappa shape index (κ2) is 7.82. The molecule has 3 rings (SSSR count). The van der Waals surface area contributed by atoms with Gasteiger partial charge >= 0.3 is 0 Å². The Kier molecular flexibility index (Phi) is 6.05. The van der Waals surface area contributed by atoms with E-state index in [1.807, 2.05) is 53.4 Å². The SMILES string of the molecule is CC1CNCCN1C(=O)c1cc(-c2ccccc2)ccc1Cl.Cl. The van der Waals surface area contributed by atoms with Crippen molar-refractivity contribution in [2.45, 2.75) is 13.0 Å². The van der Waals surface area contributed by atoms with Gasteiger partial charge in [-0.3, -0.25) is 4.79 Å². The van der Waals surface area contributed by atoms with E-state index in [9.17, 15) is 4.79 Å². The molecule has 1 saturated heterocycles. The van der Waals surface area contributed by atoms with Crippen molar-refractivity contribution in [1.29, 1.82) is 0 Å². The van der Waals surface area contributed by atoms with Crippen LogP contribution < -0.4 is 5.32 Å². The van der Waals surface area contributed by atoms with Gasteiger partial charge in [-0.1, -0.05) is 48.0 Å². The lowest BCUT2D eigenvalue weighted by Crippen LogP contribution is -2.52. The molecular weight excluding hydrogens is 331 g/mol. The monoisotopic (exact) mass is 350 g/mol. The molecule has 0 aliphatic carbocycles. The second-order valence-corrected chi connectivity index (χ2v) is 6.02. The molecule has 1 N–H and O–H groups in total. The molecule has 23 heavy (non-hydrogen) atoms. The molecule has 2 aromatic carbocycles. The van der Waals surface area contributed by atoms with Crippen molar-refractivity contribution >= 4 is 29.9 Å². The lowest BCUT2D eigenvalue weighted by atomic mass is 10.0. The molecule has 1 aliphatic heterocycles. The summed E-state index contributed by atoms with van der Waals surface area (Å²) >= 11 is 6.28. The van der Waals surface area contributed by atoms with Crippen molar-refractivity contribution in [3.8, 4) is 11.1 Å². The summed E-state index contributed by atoms with van der Waals surface area (Å²) in [4.78, 5) is 14.7. The van der Waals surface area contributed by atoms with E-state index in [1.54, 1.807) is 0 Å². The molecule has 1 fully saturated rings. The van der Waals surface area contributed by atoms with Gasteiger partial charge in [0.05, 0.1) is 10.6 Å². The van der Waals surface area contributed by atoms with Crippen molar-refractivity contribution in [1.82, 2.24) is 10.2 Å². The first-order chi connectivity index (χ1) is 10.7. The molecule has 1 atom stereocenters. The molecule has 0 aromatic heterocycles. The number of piperazine rings is 1. The van der Waals surface area contributed by atoms with E-state index in [1.165, 1.54) is 0 Å².